The molecule has 2 N–H and O–H groups in total. The molecular formula is C26H19BrN2O4. The zero-order valence-corrected chi connectivity index (χ0v) is 19.0. The number of anilines is 1. The summed E-state index contributed by atoms with van der Waals surface area (Å²) in [7, 11) is 0. The first-order valence-electron chi connectivity index (χ1n) is 10.7. The fourth-order valence-electron chi connectivity index (χ4n) is 5.81. The van der Waals surface area contributed by atoms with Crippen LogP contribution in [0.2, 0.25) is 0 Å². The molecule has 3 amide bonds. The number of benzene rings is 3. The summed E-state index contributed by atoms with van der Waals surface area (Å²) in [6, 6.07) is 22.2. The lowest BCUT2D eigenvalue weighted by Crippen LogP contribution is -2.50. The Labute approximate surface area is 198 Å². The Morgan fingerprint density at radius 2 is 1.48 bits per heavy atom. The van der Waals surface area contributed by atoms with E-state index in [2.05, 4.69) is 21.2 Å². The Balaban J connectivity index is 1.40. The molecule has 3 aliphatic carbocycles. The molecule has 164 valence electrons. The summed E-state index contributed by atoms with van der Waals surface area (Å²) < 4.78 is -0.838. The van der Waals surface area contributed by atoms with Crippen LogP contribution in [0.4, 0.5) is 5.69 Å². The summed E-state index contributed by atoms with van der Waals surface area (Å²) in [5.41, 5.74) is 4.30. The molecule has 2 atom stereocenters. The minimum absolute atomic E-state index is 0.0815. The van der Waals surface area contributed by atoms with E-state index in [4.69, 9.17) is 0 Å². The summed E-state index contributed by atoms with van der Waals surface area (Å²) >= 11 is 3.93. The molecular weight excluding hydrogens is 484 g/mol. The largest absolute Gasteiger partial charge is 0.506 e. The van der Waals surface area contributed by atoms with Crippen molar-refractivity contribution in [3.05, 3.63) is 95.1 Å². The molecule has 3 aromatic carbocycles. The highest BCUT2D eigenvalue weighted by molar-refractivity contribution is 9.09. The first-order valence-corrected chi connectivity index (χ1v) is 11.5. The number of imide groups is 1. The van der Waals surface area contributed by atoms with Gasteiger partial charge < -0.3 is 10.4 Å². The molecule has 1 aliphatic heterocycles. The van der Waals surface area contributed by atoms with Crippen LogP contribution in [0.25, 0.3) is 0 Å². The SMILES string of the molecule is O=C(CN1C(=O)[C@@H]2C3c4ccccc4C(Br)(c4ccccc43)[C@H]2C1=O)Nc1ccccc1O. The van der Waals surface area contributed by atoms with E-state index in [1.807, 2.05) is 48.5 Å². The van der Waals surface area contributed by atoms with E-state index in [0.29, 0.717) is 0 Å². The average Bonchev–Trinajstić information content (AvgIpc) is 3.07. The number of rotatable bonds is 3. The van der Waals surface area contributed by atoms with Gasteiger partial charge in [-0.15, -0.1) is 0 Å². The third-order valence-corrected chi connectivity index (χ3v) is 8.43. The van der Waals surface area contributed by atoms with Gasteiger partial charge in [0.25, 0.3) is 0 Å². The molecule has 33 heavy (non-hydrogen) atoms. The van der Waals surface area contributed by atoms with Crippen LogP contribution in [0.15, 0.2) is 72.8 Å². The second-order valence-electron chi connectivity index (χ2n) is 8.70. The Morgan fingerprint density at radius 3 is 2.12 bits per heavy atom. The quantitative estimate of drug-likeness (QED) is 0.324. The second kappa shape index (κ2) is 7.02. The normalized spacial score (nSPS) is 26.6. The molecule has 0 aromatic heterocycles. The highest BCUT2D eigenvalue weighted by atomic mass is 79.9. The number of halogens is 1. The van der Waals surface area contributed by atoms with Gasteiger partial charge in [0.05, 0.1) is 21.8 Å². The molecule has 1 heterocycles. The van der Waals surface area contributed by atoms with Crippen LogP contribution in [0, 0.1) is 11.8 Å². The molecule has 7 rings (SSSR count). The van der Waals surface area contributed by atoms with Gasteiger partial charge in [-0.2, -0.15) is 0 Å². The number of hydrogen-bond acceptors (Lipinski definition) is 4. The first-order chi connectivity index (χ1) is 15.9. The maximum atomic E-state index is 13.7. The predicted octanol–water partition coefficient (Wildman–Crippen LogP) is 3.73. The van der Waals surface area contributed by atoms with Gasteiger partial charge in [-0.1, -0.05) is 76.6 Å². The molecule has 3 aromatic rings. The zero-order valence-electron chi connectivity index (χ0n) is 17.4. The van der Waals surface area contributed by atoms with Crippen LogP contribution in [0.5, 0.6) is 5.75 Å². The second-order valence-corrected chi connectivity index (χ2v) is 9.95. The molecule has 0 radical (unpaired) electrons. The fourth-order valence-corrected chi connectivity index (χ4v) is 7.01. The number of likely N-dealkylation sites (tertiary alicyclic amines) is 1. The van der Waals surface area contributed by atoms with Gasteiger partial charge in [0.2, 0.25) is 17.7 Å². The Morgan fingerprint density at radius 1 is 0.909 bits per heavy atom. The van der Waals surface area contributed by atoms with Crippen molar-refractivity contribution in [2.45, 2.75) is 10.2 Å². The number of aromatic hydroxyl groups is 1. The number of carbonyl (C=O) groups is 3. The Hall–Kier alpha value is -3.45. The van der Waals surface area contributed by atoms with Crippen LogP contribution in [-0.2, 0) is 18.7 Å². The van der Waals surface area contributed by atoms with Crippen LogP contribution in [-0.4, -0.2) is 34.3 Å². The molecule has 7 heteroatoms. The molecule has 0 saturated carbocycles. The van der Waals surface area contributed by atoms with Crippen LogP contribution in [0.3, 0.4) is 0 Å². The molecule has 0 spiro atoms. The smallest absolute Gasteiger partial charge is 0.244 e. The van der Waals surface area contributed by atoms with Crippen LogP contribution in [0.1, 0.15) is 28.2 Å². The maximum Gasteiger partial charge on any atom is 0.244 e. The van der Waals surface area contributed by atoms with Crippen molar-refractivity contribution in [2.24, 2.45) is 11.8 Å². The molecule has 4 aliphatic rings. The van der Waals surface area contributed by atoms with E-state index >= 15 is 0 Å². The number of amides is 3. The fraction of sp³-hybridized carbons (Fsp3) is 0.192. The summed E-state index contributed by atoms with van der Waals surface area (Å²) in [6.07, 6.45) is 0. The van der Waals surface area contributed by atoms with Gasteiger partial charge in [0.1, 0.15) is 12.3 Å². The number of alkyl halides is 1. The lowest BCUT2D eigenvalue weighted by molar-refractivity contribution is -0.142. The third-order valence-electron chi connectivity index (χ3n) is 7.09. The number of phenols is 1. The number of phenolic OH excluding ortho intramolecular Hbond substituents is 1. The van der Waals surface area contributed by atoms with Crippen molar-refractivity contribution < 1.29 is 19.5 Å². The highest BCUT2D eigenvalue weighted by Gasteiger charge is 2.67. The van der Waals surface area contributed by atoms with Gasteiger partial charge in [-0.3, -0.25) is 19.3 Å². The number of hydrogen-bond donors (Lipinski definition) is 2. The van der Waals surface area contributed by atoms with Crippen molar-refractivity contribution in [3.63, 3.8) is 0 Å². The molecule has 6 nitrogen and oxygen atoms in total. The third kappa shape index (κ3) is 2.63. The van der Waals surface area contributed by atoms with Gasteiger partial charge in [0, 0.05) is 5.92 Å². The number of nitrogens with zero attached hydrogens (tertiary/aromatic N) is 1. The van der Waals surface area contributed by atoms with Crippen molar-refractivity contribution in [1.29, 1.82) is 0 Å². The van der Waals surface area contributed by atoms with Gasteiger partial charge in [0.15, 0.2) is 0 Å². The minimum Gasteiger partial charge on any atom is -0.506 e. The summed E-state index contributed by atoms with van der Waals surface area (Å²) in [6.45, 7) is -0.401. The lowest BCUT2D eigenvalue weighted by Gasteiger charge is -2.51. The van der Waals surface area contributed by atoms with Crippen molar-refractivity contribution in [1.82, 2.24) is 4.90 Å². The standard InChI is InChI=1S/C26H19BrN2O4/c27-26-16-9-3-1-7-14(16)21(15-8-2-4-10-17(15)26)22-23(26)25(33)29(24(22)32)13-20(31)28-18-11-5-6-12-19(18)30/h1-12,21-23,30H,13H2,(H,28,31)/t21?,22-,23-,26?/m1/s1. The maximum absolute atomic E-state index is 13.7. The number of para-hydroxylation sites is 2. The summed E-state index contributed by atoms with van der Waals surface area (Å²) in [4.78, 5) is 41.1. The van der Waals surface area contributed by atoms with Crippen molar-refractivity contribution in [2.75, 3.05) is 11.9 Å². The van der Waals surface area contributed by atoms with Gasteiger partial charge in [-0.25, -0.2) is 0 Å². The van der Waals surface area contributed by atoms with Crippen molar-refractivity contribution >= 4 is 39.3 Å². The van der Waals surface area contributed by atoms with E-state index in [1.54, 1.807) is 18.2 Å². The number of nitrogens with one attached hydrogen (secondary N) is 1. The average molecular weight is 503 g/mol. The highest BCUT2D eigenvalue weighted by Crippen LogP contribution is 2.66. The minimum atomic E-state index is -0.838. The Bertz CT molecular complexity index is 1310. The molecule has 1 fully saturated rings. The number of carbonyl (C=O) groups excluding carboxylic acids is 3. The van der Waals surface area contributed by atoms with Crippen molar-refractivity contribution in [3.8, 4) is 5.75 Å². The van der Waals surface area contributed by atoms with E-state index in [1.165, 1.54) is 6.07 Å². The predicted molar refractivity (Wildman–Crippen MR) is 125 cm³/mol. The van der Waals surface area contributed by atoms with Gasteiger partial charge >= 0.3 is 0 Å². The first kappa shape index (κ1) is 20.2. The lowest BCUT2D eigenvalue weighted by atomic mass is 9.55. The van der Waals surface area contributed by atoms with E-state index in [9.17, 15) is 19.5 Å². The van der Waals surface area contributed by atoms with E-state index in [0.717, 1.165) is 27.2 Å². The zero-order chi connectivity index (χ0) is 22.9. The molecule has 1 saturated heterocycles. The van der Waals surface area contributed by atoms with E-state index < -0.39 is 28.6 Å². The monoisotopic (exact) mass is 502 g/mol. The molecule has 0 unspecified atom stereocenters. The van der Waals surface area contributed by atoms with Gasteiger partial charge in [-0.05, 0) is 34.4 Å². The molecule has 2 bridgehead atoms. The summed E-state index contributed by atoms with van der Waals surface area (Å²) in [5.74, 6) is -2.79. The topological polar surface area (TPSA) is 86.7 Å². The Kier molecular flexibility index (Phi) is 4.29. The van der Waals surface area contributed by atoms with Crippen LogP contribution < -0.4 is 5.32 Å². The van der Waals surface area contributed by atoms with E-state index in [-0.39, 0.29) is 29.2 Å². The summed E-state index contributed by atoms with van der Waals surface area (Å²) in [5, 5.41) is 12.5. The van der Waals surface area contributed by atoms with Crippen LogP contribution >= 0.6 is 15.9 Å².